The molecule has 2 rings (SSSR count). The molecule has 0 amide bonds. The maximum atomic E-state index is 5.83. The van der Waals surface area contributed by atoms with Crippen LogP contribution in [-0.4, -0.2) is 44.2 Å². The highest BCUT2D eigenvalue weighted by Crippen LogP contribution is 2.33. The summed E-state index contributed by atoms with van der Waals surface area (Å²) in [5, 5.41) is 0.706. The number of hydrogen-bond acceptors (Lipinski definition) is 7. The fraction of sp³-hybridized carbons (Fsp3) is 0.385. The first-order valence-electron chi connectivity index (χ1n) is 6.04. The highest BCUT2D eigenvalue weighted by Gasteiger charge is 2.11. The minimum Gasteiger partial charge on any atom is -0.487 e. The molecule has 0 bridgehead atoms. The molecule has 108 valence electrons. The Morgan fingerprint density at radius 1 is 1.00 bits per heavy atom. The van der Waals surface area contributed by atoms with Crippen LogP contribution in [0.5, 0.6) is 11.5 Å². The van der Waals surface area contributed by atoms with Gasteiger partial charge in [0.05, 0.1) is 12.1 Å². The van der Waals surface area contributed by atoms with E-state index in [-0.39, 0.29) is 6.79 Å². The number of hydrogen-bond donors (Lipinski definition) is 1. The van der Waals surface area contributed by atoms with Gasteiger partial charge in [-0.05, 0) is 6.07 Å². The summed E-state index contributed by atoms with van der Waals surface area (Å²) in [4.78, 5) is 8.12. The molecule has 7 heteroatoms. The van der Waals surface area contributed by atoms with E-state index >= 15 is 0 Å². The van der Waals surface area contributed by atoms with E-state index in [2.05, 4.69) is 9.97 Å². The molecule has 1 aromatic carbocycles. The van der Waals surface area contributed by atoms with Crippen LogP contribution in [0.3, 0.4) is 0 Å². The summed E-state index contributed by atoms with van der Waals surface area (Å²) >= 11 is 0. The molecule has 0 radical (unpaired) electrons. The number of fused-ring (bicyclic) bond motifs is 1. The molecule has 20 heavy (non-hydrogen) atoms. The first-order chi connectivity index (χ1) is 9.76. The van der Waals surface area contributed by atoms with Crippen molar-refractivity contribution in [1.29, 1.82) is 0 Å². The van der Waals surface area contributed by atoms with Crippen molar-refractivity contribution in [2.24, 2.45) is 0 Å². The number of anilines is 1. The van der Waals surface area contributed by atoms with Gasteiger partial charge in [-0.1, -0.05) is 0 Å². The molecule has 0 aliphatic heterocycles. The molecule has 0 saturated heterocycles. The molecule has 0 fully saturated rings. The molecular formula is C13H17N3O4. The van der Waals surface area contributed by atoms with Crippen molar-refractivity contribution in [3.05, 3.63) is 18.5 Å². The molecular weight excluding hydrogens is 262 g/mol. The second-order valence-corrected chi connectivity index (χ2v) is 3.97. The van der Waals surface area contributed by atoms with Gasteiger partial charge in [-0.25, -0.2) is 9.97 Å². The average Bonchev–Trinajstić information content (AvgIpc) is 2.46. The molecule has 2 N–H and O–H groups in total. The molecule has 7 nitrogen and oxygen atoms in total. The van der Waals surface area contributed by atoms with Gasteiger partial charge in [0.2, 0.25) is 0 Å². The van der Waals surface area contributed by atoms with Gasteiger partial charge in [0.15, 0.2) is 18.3 Å². The Balaban J connectivity index is 2.35. The van der Waals surface area contributed by atoms with Crippen LogP contribution in [0.15, 0.2) is 18.5 Å². The molecule has 0 spiro atoms. The van der Waals surface area contributed by atoms with Crippen LogP contribution in [0.4, 0.5) is 5.82 Å². The monoisotopic (exact) mass is 279 g/mol. The highest BCUT2D eigenvalue weighted by molar-refractivity contribution is 5.90. The van der Waals surface area contributed by atoms with Crippen LogP contribution in [0.1, 0.15) is 0 Å². The smallest absolute Gasteiger partial charge is 0.188 e. The highest BCUT2D eigenvalue weighted by atomic mass is 16.7. The van der Waals surface area contributed by atoms with Gasteiger partial charge in [-0.3, -0.25) is 0 Å². The lowest BCUT2D eigenvalue weighted by Gasteiger charge is -2.13. The van der Waals surface area contributed by atoms with Crippen LogP contribution in [0, 0.1) is 0 Å². The summed E-state index contributed by atoms with van der Waals surface area (Å²) in [5.74, 6) is 1.47. The Labute approximate surface area is 116 Å². The van der Waals surface area contributed by atoms with E-state index in [0.717, 1.165) is 0 Å². The largest absolute Gasteiger partial charge is 0.487 e. The lowest BCUT2D eigenvalue weighted by atomic mass is 10.2. The minimum absolute atomic E-state index is 0.111. The van der Waals surface area contributed by atoms with Crippen molar-refractivity contribution < 1.29 is 18.9 Å². The number of nitrogen functional groups attached to an aromatic ring is 1. The first-order valence-corrected chi connectivity index (χ1v) is 6.04. The summed E-state index contributed by atoms with van der Waals surface area (Å²) in [5.41, 5.74) is 6.52. The average molecular weight is 279 g/mol. The Bertz CT molecular complexity index is 577. The van der Waals surface area contributed by atoms with Crippen molar-refractivity contribution in [2.75, 3.05) is 40.0 Å². The molecule has 1 heterocycles. The summed E-state index contributed by atoms with van der Waals surface area (Å²) in [6.07, 6.45) is 1.41. The summed E-state index contributed by atoms with van der Waals surface area (Å²) < 4.78 is 21.0. The van der Waals surface area contributed by atoms with Crippen LogP contribution in [-0.2, 0) is 9.47 Å². The fourth-order valence-corrected chi connectivity index (χ4v) is 1.67. The van der Waals surface area contributed by atoms with Gasteiger partial charge < -0.3 is 24.7 Å². The van der Waals surface area contributed by atoms with Gasteiger partial charge in [-0.15, -0.1) is 0 Å². The van der Waals surface area contributed by atoms with E-state index in [4.69, 9.17) is 24.7 Å². The zero-order valence-corrected chi connectivity index (χ0v) is 11.5. The van der Waals surface area contributed by atoms with Crippen LogP contribution in [0.2, 0.25) is 0 Å². The predicted molar refractivity (Wildman–Crippen MR) is 73.8 cm³/mol. The normalized spacial score (nSPS) is 10.7. The van der Waals surface area contributed by atoms with E-state index in [1.165, 1.54) is 6.33 Å². The molecule has 0 saturated carbocycles. The second kappa shape index (κ2) is 6.88. The predicted octanol–water partition coefficient (Wildman–Crippen LogP) is 1.22. The van der Waals surface area contributed by atoms with Gasteiger partial charge in [0, 0.05) is 25.7 Å². The fourth-order valence-electron chi connectivity index (χ4n) is 1.67. The number of nitrogens with zero attached hydrogens (tertiary/aromatic N) is 2. The molecule has 0 unspecified atom stereocenters. The van der Waals surface area contributed by atoms with E-state index in [1.54, 1.807) is 26.4 Å². The first kappa shape index (κ1) is 14.3. The lowest BCUT2D eigenvalue weighted by molar-refractivity contribution is 0.0479. The Kier molecular flexibility index (Phi) is 4.91. The quantitative estimate of drug-likeness (QED) is 0.602. The SMILES string of the molecule is COCCOc1cc2ncnc(N)c2cc1OCOC. The Morgan fingerprint density at radius 3 is 2.55 bits per heavy atom. The third-order valence-corrected chi connectivity index (χ3v) is 2.61. The van der Waals surface area contributed by atoms with Gasteiger partial charge in [0.1, 0.15) is 18.8 Å². The molecule has 0 aliphatic rings. The van der Waals surface area contributed by atoms with Crippen LogP contribution >= 0.6 is 0 Å². The van der Waals surface area contributed by atoms with Gasteiger partial charge in [-0.2, -0.15) is 0 Å². The number of ether oxygens (including phenoxy) is 4. The van der Waals surface area contributed by atoms with Crippen molar-refractivity contribution >= 4 is 16.7 Å². The summed E-state index contributed by atoms with van der Waals surface area (Å²) in [6, 6.07) is 3.50. The number of benzene rings is 1. The Hall–Kier alpha value is -2.12. The zero-order valence-electron chi connectivity index (χ0n) is 11.5. The zero-order chi connectivity index (χ0) is 14.4. The van der Waals surface area contributed by atoms with E-state index in [1.807, 2.05) is 0 Å². The maximum Gasteiger partial charge on any atom is 0.188 e. The number of rotatable bonds is 7. The maximum absolute atomic E-state index is 5.83. The molecule has 1 aromatic heterocycles. The lowest BCUT2D eigenvalue weighted by Crippen LogP contribution is -2.07. The number of aromatic nitrogens is 2. The van der Waals surface area contributed by atoms with Crippen molar-refractivity contribution in [2.45, 2.75) is 0 Å². The van der Waals surface area contributed by atoms with E-state index < -0.39 is 0 Å². The third-order valence-electron chi connectivity index (χ3n) is 2.61. The minimum atomic E-state index is 0.111. The molecule has 2 aromatic rings. The van der Waals surface area contributed by atoms with Crippen LogP contribution < -0.4 is 15.2 Å². The topological polar surface area (TPSA) is 88.7 Å². The van der Waals surface area contributed by atoms with Crippen LogP contribution in [0.25, 0.3) is 10.9 Å². The van der Waals surface area contributed by atoms with Crippen molar-refractivity contribution in [3.8, 4) is 11.5 Å². The van der Waals surface area contributed by atoms with E-state index in [9.17, 15) is 0 Å². The Morgan fingerprint density at radius 2 is 1.80 bits per heavy atom. The second-order valence-electron chi connectivity index (χ2n) is 3.97. The third kappa shape index (κ3) is 3.25. The summed E-state index contributed by atoms with van der Waals surface area (Å²) in [7, 11) is 3.16. The number of nitrogens with two attached hydrogens (primary N) is 1. The standard InChI is InChI=1S/C13H17N3O4/c1-17-3-4-19-12-6-10-9(13(14)16-7-15-10)5-11(12)20-8-18-2/h5-7H,3-4,8H2,1-2H3,(H2,14,15,16). The van der Waals surface area contributed by atoms with Crippen molar-refractivity contribution in [3.63, 3.8) is 0 Å². The van der Waals surface area contributed by atoms with E-state index in [0.29, 0.717) is 41.4 Å². The molecule has 0 atom stereocenters. The molecule has 0 aliphatic carbocycles. The van der Waals surface area contributed by atoms with Crippen molar-refractivity contribution in [1.82, 2.24) is 9.97 Å². The van der Waals surface area contributed by atoms with Gasteiger partial charge in [0.25, 0.3) is 0 Å². The summed E-state index contributed by atoms with van der Waals surface area (Å²) in [6.45, 7) is 0.999. The number of methoxy groups -OCH3 is 2. The van der Waals surface area contributed by atoms with Gasteiger partial charge >= 0.3 is 0 Å².